The van der Waals surface area contributed by atoms with E-state index in [9.17, 15) is 8.42 Å². The fourth-order valence-electron chi connectivity index (χ4n) is 1.34. The second-order valence-corrected chi connectivity index (χ2v) is 6.96. The van der Waals surface area contributed by atoms with Crippen LogP contribution in [-0.2, 0) is 19.5 Å². The van der Waals surface area contributed by atoms with Gasteiger partial charge in [-0.2, -0.15) is 4.31 Å². The molecule has 0 spiro atoms. The average Bonchev–Trinajstić information content (AvgIpc) is 2.27. The van der Waals surface area contributed by atoms with Gasteiger partial charge in [0.25, 0.3) is 0 Å². The van der Waals surface area contributed by atoms with E-state index in [-0.39, 0.29) is 25.0 Å². The van der Waals surface area contributed by atoms with Crippen LogP contribution in [0.4, 0.5) is 0 Å². The first kappa shape index (κ1) is 18.7. The molecule has 0 aliphatic rings. The molecule has 2 N–H and O–H groups in total. The van der Waals surface area contributed by atoms with Crippen LogP contribution in [-0.4, -0.2) is 63.0 Å². The van der Waals surface area contributed by atoms with Crippen molar-refractivity contribution in [1.29, 1.82) is 0 Å². The Bertz CT molecular complexity index is 358. The summed E-state index contributed by atoms with van der Waals surface area (Å²) in [5, 5.41) is 0. The van der Waals surface area contributed by atoms with Gasteiger partial charge in [-0.3, -0.25) is 0 Å². The topological polar surface area (TPSA) is 81.9 Å². The van der Waals surface area contributed by atoms with Crippen LogP contribution in [0.5, 0.6) is 0 Å². The second-order valence-electron chi connectivity index (χ2n) is 4.34. The molecule has 0 aliphatic heterocycles. The van der Waals surface area contributed by atoms with E-state index in [0.29, 0.717) is 24.6 Å². The first-order chi connectivity index (χ1) is 8.79. The highest BCUT2D eigenvalue weighted by Gasteiger charge is 2.21. The molecular weight excluding hydrogens is 288 g/mol. The number of ether oxygens (including phenoxy) is 2. The fourth-order valence-corrected chi connectivity index (χ4v) is 2.71. The summed E-state index contributed by atoms with van der Waals surface area (Å²) >= 11 is 4.77. The SMILES string of the molecule is COCCN(CCC(N)=S)S(=O)(=O)CCOC(C)C. The molecule has 0 atom stereocenters. The lowest BCUT2D eigenvalue weighted by molar-refractivity contribution is 0.0905. The van der Waals surface area contributed by atoms with Crippen molar-refractivity contribution in [2.75, 3.05) is 39.2 Å². The molecule has 6 nitrogen and oxygen atoms in total. The Labute approximate surface area is 121 Å². The van der Waals surface area contributed by atoms with E-state index in [1.807, 2.05) is 13.8 Å². The number of hydrogen-bond acceptors (Lipinski definition) is 5. The smallest absolute Gasteiger partial charge is 0.216 e. The van der Waals surface area contributed by atoms with Crippen molar-refractivity contribution in [2.24, 2.45) is 5.73 Å². The van der Waals surface area contributed by atoms with Crippen molar-refractivity contribution in [3.8, 4) is 0 Å². The van der Waals surface area contributed by atoms with E-state index in [4.69, 9.17) is 27.4 Å². The van der Waals surface area contributed by atoms with Crippen LogP contribution in [0, 0.1) is 0 Å². The molecule has 0 aromatic carbocycles. The monoisotopic (exact) mass is 312 g/mol. The Morgan fingerprint density at radius 1 is 1.32 bits per heavy atom. The molecule has 0 radical (unpaired) electrons. The van der Waals surface area contributed by atoms with Gasteiger partial charge in [0, 0.05) is 26.6 Å². The molecule has 0 unspecified atom stereocenters. The normalized spacial score (nSPS) is 12.3. The van der Waals surface area contributed by atoms with E-state index in [1.165, 1.54) is 11.4 Å². The third kappa shape index (κ3) is 9.28. The van der Waals surface area contributed by atoms with Gasteiger partial charge in [0.1, 0.15) is 0 Å². The maximum Gasteiger partial charge on any atom is 0.216 e. The van der Waals surface area contributed by atoms with Gasteiger partial charge in [0.15, 0.2) is 0 Å². The summed E-state index contributed by atoms with van der Waals surface area (Å²) in [7, 11) is -1.84. The summed E-state index contributed by atoms with van der Waals surface area (Å²) in [4.78, 5) is 0.302. The zero-order valence-electron chi connectivity index (χ0n) is 11.8. The van der Waals surface area contributed by atoms with Gasteiger partial charge in [0.2, 0.25) is 10.0 Å². The largest absolute Gasteiger partial charge is 0.393 e. The lowest BCUT2D eigenvalue weighted by Crippen LogP contribution is -2.38. The Morgan fingerprint density at radius 3 is 2.42 bits per heavy atom. The maximum atomic E-state index is 12.1. The van der Waals surface area contributed by atoms with Crippen molar-refractivity contribution >= 4 is 27.2 Å². The average molecular weight is 312 g/mol. The van der Waals surface area contributed by atoms with Gasteiger partial charge in [-0.25, -0.2) is 8.42 Å². The zero-order chi connectivity index (χ0) is 14.9. The molecule has 8 heteroatoms. The molecule has 0 bridgehead atoms. The number of sulfonamides is 1. The van der Waals surface area contributed by atoms with Crippen molar-refractivity contribution in [3.05, 3.63) is 0 Å². The van der Waals surface area contributed by atoms with Gasteiger partial charge < -0.3 is 15.2 Å². The molecule has 0 rings (SSSR count). The molecule has 0 aromatic heterocycles. The van der Waals surface area contributed by atoms with Gasteiger partial charge in [-0.05, 0) is 13.8 Å². The minimum atomic E-state index is -3.37. The Balaban J connectivity index is 4.47. The van der Waals surface area contributed by atoms with Crippen LogP contribution < -0.4 is 5.73 Å². The lowest BCUT2D eigenvalue weighted by Gasteiger charge is -2.22. The van der Waals surface area contributed by atoms with Crippen molar-refractivity contribution < 1.29 is 17.9 Å². The molecule has 0 fully saturated rings. The van der Waals surface area contributed by atoms with Crippen LogP contribution in [0.25, 0.3) is 0 Å². The van der Waals surface area contributed by atoms with Crippen LogP contribution in [0.15, 0.2) is 0 Å². The highest BCUT2D eigenvalue weighted by atomic mass is 32.2. The Morgan fingerprint density at radius 2 is 1.95 bits per heavy atom. The maximum absolute atomic E-state index is 12.1. The molecule has 0 aromatic rings. The standard InChI is InChI=1S/C11H24N2O4S2/c1-10(2)17-8-9-19(14,15)13(6-7-16-3)5-4-11(12)18/h10H,4-9H2,1-3H3,(H2,12,18). The number of rotatable bonds is 11. The first-order valence-electron chi connectivity index (χ1n) is 6.16. The van der Waals surface area contributed by atoms with E-state index >= 15 is 0 Å². The minimum absolute atomic E-state index is 0.0132. The first-order valence-corrected chi connectivity index (χ1v) is 8.18. The molecule has 0 saturated carbocycles. The van der Waals surface area contributed by atoms with Crippen molar-refractivity contribution in [1.82, 2.24) is 4.31 Å². The number of hydrogen-bond donors (Lipinski definition) is 1. The molecular formula is C11H24N2O4S2. The van der Waals surface area contributed by atoms with Gasteiger partial charge in [-0.15, -0.1) is 0 Å². The highest BCUT2D eigenvalue weighted by molar-refractivity contribution is 7.89. The van der Waals surface area contributed by atoms with Crippen LogP contribution in [0.1, 0.15) is 20.3 Å². The Kier molecular flexibility index (Phi) is 9.46. The summed E-state index contributed by atoms with van der Waals surface area (Å²) in [6.07, 6.45) is 0.378. The van der Waals surface area contributed by atoms with Crippen LogP contribution in [0.3, 0.4) is 0 Å². The van der Waals surface area contributed by atoms with Gasteiger partial charge in [0.05, 0.1) is 30.1 Å². The predicted molar refractivity (Wildman–Crippen MR) is 79.7 cm³/mol. The molecule has 114 valence electrons. The highest BCUT2D eigenvalue weighted by Crippen LogP contribution is 2.04. The summed E-state index contributed by atoms with van der Waals surface area (Å²) in [5.41, 5.74) is 5.41. The summed E-state index contributed by atoms with van der Waals surface area (Å²) in [5.74, 6) is -0.0494. The number of nitrogens with zero attached hydrogens (tertiary/aromatic N) is 1. The third-order valence-electron chi connectivity index (χ3n) is 2.34. The van der Waals surface area contributed by atoms with Crippen molar-refractivity contribution in [3.63, 3.8) is 0 Å². The lowest BCUT2D eigenvalue weighted by atomic mass is 10.4. The zero-order valence-corrected chi connectivity index (χ0v) is 13.4. The summed E-state index contributed by atoms with van der Waals surface area (Å²) in [6, 6.07) is 0. The van der Waals surface area contributed by atoms with E-state index in [1.54, 1.807) is 0 Å². The van der Waals surface area contributed by atoms with Crippen molar-refractivity contribution in [2.45, 2.75) is 26.4 Å². The van der Waals surface area contributed by atoms with Crippen LogP contribution >= 0.6 is 12.2 Å². The third-order valence-corrected chi connectivity index (χ3v) is 4.38. The van der Waals surface area contributed by atoms with E-state index < -0.39 is 10.0 Å². The molecule has 0 saturated heterocycles. The second kappa shape index (κ2) is 9.60. The fraction of sp³-hybridized carbons (Fsp3) is 0.909. The Hall–Kier alpha value is -0.280. The molecule has 0 aliphatic carbocycles. The molecule has 0 heterocycles. The number of nitrogens with two attached hydrogens (primary N) is 1. The quantitative estimate of drug-likeness (QED) is 0.555. The predicted octanol–water partition coefficient (Wildman–Crippen LogP) is 0.366. The molecule has 19 heavy (non-hydrogen) atoms. The molecule has 0 amide bonds. The van der Waals surface area contributed by atoms with Gasteiger partial charge in [-0.1, -0.05) is 12.2 Å². The van der Waals surface area contributed by atoms with E-state index in [0.717, 1.165) is 0 Å². The van der Waals surface area contributed by atoms with E-state index in [2.05, 4.69) is 0 Å². The summed E-state index contributed by atoms with van der Waals surface area (Å²) in [6.45, 7) is 4.81. The van der Waals surface area contributed by atoms with Gasteiger partial charge >= 0.3 is 0 Å². The summed E-state index contributed by atoms with van der Waals surface area (Å²) < 4.78 is 35.8. The minimum Gasteiger partial charge on any atom is -0.393 e. The number of thiocarbonyl (C=S) groups is 1. The van der Waals surface area contributed by atoms with Crippen LogP contribution in [0.2, 0.25) is 0 Å². The number of methoxy groups -OCH3 is 1.